The molecule has 1 amide bonds. The van der Waals surface area contributed by atoms with Crippen molar-refractivity contribution in [1.82, 2.24) is 0 Å². The maximum atomic E-state index is 11.2. The summed E-state index contributed by atoms with van der Waals surface area (Å²) in [5.41, 5.74) is 5.65. The minimum Gasteiger partial charge on any atom is -0.468 e. The van der Waals surface area contributed by atoms with E-state index in [9.17, 15) is 9.59 Å². The Hall–Kier alpha value is -1.84. The molecule has 0 radical (unpaired) electrons. The fourth-order valence-electron chi connectivity index (χ4n) is 1.18. The first-order valence-electron chi connectivity index (χ1n) is 4.09. The van der Waals surface area contributed by atoms with Crippen molar-refractivity contribution in [3.8, 4) is 0 Å². The van der Waals surface area contributed by atoms with Crippen LogP contribution in [-0.2, 0) is 14.3 Å². The lowest BCUT2D eigenvalue weighted by atomic mass is 9.99. The predicted octanol–water partition coefficient (Wildman–Crippen LogP) is 0.428. The van der Waals surface area contributed by atoms with Gasteiger partial charge >= 0.3 is 5.97 Å². The number of primary amides is 1. The average Bonchev–Trinajstić information content (AvgIpc) is 2.19. The van der Waals surface area contributed by atoms with Crippen LogP contribution in [-0.4, -0.2) is 19.0 Å². The highest BCUT2D eigenvalue weighted by Crippen LogP contribution is 2.16. The van der Waals surface area contributed by atoms with E-state index in [1.54, 1.807) is 30.3 Å². The largest absolute Gasteiger partial charge is 0.468 e. The van der Waals surface area contributed by atoms with E-state index in [1.165, 1.54) is 7.11 Å². The van der Waals surface area contributed by atoms with Gasteiger partial charge in [0.05, 0.1) is 7.11 Å². The molecule has 0 spiro atoms. The Morgan fingerprint density at radius 3 is 2.29 bits per heavy atom. The second-order valence-electron chi connectivity index (χ2n) is 2.77. The summed E-state index contributed by atoms with van der Waals surface area (Å²) in [5.74, 6) is -2.35. The third kappa shape index (κ3) is 2.10. The lowest BCUT2D eigenvalue weighted by Gasteiger charge is -2.10. The fraction of sp³-hybridized carbons (Fsp3) is 0.200. The van der Waals surface area contributed by atoms with Crippen molar-refractivity contribution in [1.29, 1.82) is 0 Å². The van der Waals surface area contributed by atoms with Gasteiger partial charge in [0, 0.05) is 0 Å². The minimum absolute atomic E-state index is 0.548. The molecule has 0 aliphatic carbocycles. The molecule has 1 aromatic rings. The van der Waals surface area contributed by atoms with Crippen molar-refractivity contribution in [2.24, 2.45) is 5.73 Å². The molecule has 0 heterocycles. The summed E-state index contributed by atoms with van der Waals surface area (Å²) in [6, 6.07) is 8.57. The molecule has 1 aromatic carbocycles. The summed E-state index contributed by atoms with van der Waals surface area (Å²) in [6.07, 6.45) is 0. The van der Waals surface area contributed by atoms with Gasteiger partial charge < -0.3 is 10.5 Å². The van der Waals surface area contributed by atoms with Crippen molar-refractivity contribution in [3.05, 3.63) is 35.9 Å². The smallest absolute Gasteiger partial charge is 0.322 e. The van der Waals surface area contributed by atoms with Crippen LogP contribution in [0.1, 0.15) is 11.5 Å². The van der Waals surface area contributed by atoms with Crippen LogP contribution in [0.4, 0.5) is 0 Å². The summed E-state index contributed by atoms with van der Waals surface area (Å²) in [7, 11) is 1.22. The zero-order chi connectivity index (χ0) is 10.6. The van der Waals surface area contributed by atoms with E-state index in [1.807, 2.05) is 0 Å². The van der Waals surface area contributed by atoms with Crippen molar-refractivity contribution in [3.63, 3.8) is 0 Å². The van der Waals surface area contributed by atoms with E-state index in [0.717, 1.165) is 0 Å². The molecule has 0 unspecified atom stereocenters. The molecule has 1 rings (SSSR count). The Kier molecular flexibility index (Phi) is 3.23. The van der Waals surface area contributed by atoms with E-state index in [4.69, 9.17) is 5.73 Å². The lowest BCUT2D eigenvalue weighted by Crippen LogP contribution is -2.29. The SMILES string of the molecule is COC(=O)[C@@H](C(N)=O)c1ccccc1. The Labute approximate surface area is 81.7 Å². The van der Waals surface area contributed by atoms with E-state index in [2.05, 4.69) is 4.74 Å². The zero-order valence-corrected chi connectivity index (χ0v) is 7.77. The summed E-state index contributed by atoms with van der Waals surface area (Å²) >= 11 is 0. The Balaban J connectivity index is 3.01. The van der Waals surface area contributed by atoms with Gasteiger partial charge in [-0.25, -0.2) is 0 Å². The first-order valence-corrected chi connectivity index (χ1v) is 4.09. The molecule has 0 aliphatic rings. The third-order valence-corrected chi connectivity index (χ3v) is 1.85. The van der Waals surface area contributed by atoms with Gasteiger partial charge in [0.1, 0.15) is 0 Å². The maximum Gasteiger partial charge on any atom is 0.322 e. The summed E-state index contributed by atoms with van der Waals surface area (Å²) in [4.78, 5) is 22.3. The molecule has 0 fully saturated rings. The third-order valence-electron chi connectivity index (χ3n) is 1.85. The average molecular weight is 193 g/mol. The number of hydrogen-bond acceptors (Lipinski definition) is 3. The number of hydrogen-bond donors (Lipinski definition) is 1. The molecule has 0 aromatic heterocycles. The number of nitrogens with two attached hydrogens (primary N) is 1. The summed E-state index contributed by atoms with van der Waals surface area (Å²) in [5, 5.41) is 0. The van der Waals surface area contributed by atoms with Gasteiger partial charge in [-0.05, 0) is 5.56 Å². The maximum absolute atomic E-state index is 11.2. The van der Waals surface area contributed by atoms with Gasteiger partial charge in [-0.15, -0.1) is 0 Å². The van der Waals surface area contributed by atoms with E-state index < -0.39 is 17.8 Å². The van der Waals surface area contributed by atoms with Crippen molar-refractivity contribution in [2.45, 2.75) is 5.92 Å². The molecule has 0 saturated heterocycles. The first-order chi connectivity index (χ1) is 6.66. The van der Waals surface area contributed by atoms with Crippen LogP contribution >= 0.6 is 0 Å². The van der Waals surface area contributed by atoms with E-state index in [-0.39, 0.29) is 0 Å². The lowest BCUT2D eigenvalue weighted by molar-refractivity contribution is -0.145. The first kappa shape index (κ1) is 10.2. The molecule has 4 heteroatoms. The van der Waals surface area contributed by atoms with Crippen LogP contribution in [0.3, 0.4) is 0 Å². The molecular formula is C10H11NO3. The zero-order valence-electron chi connectivity index (χ0n) is 7.77. The van der Waals surface area contributed by atoms with Gasteiger partial charge in [0.15, 0.2) is 5.92 Å². The van der Waals surface area contributed by atoms with Crippen molar-refractivity contribution < 1.29 is 14.3 Å². The second kappa shape index (κ2) is 4.41. The standard InChI is InChI=1S/C10H11NO3/c1-14-10(13)8(9(11)12)7-5-3-2-4-6-7/h2-6,8H,1H3,(H2,11,12)/t8-/m1/s1. The highest BCUT2D eigenvalue weighted by atomic mass is 16.5. The number of esters is 1. The van der Waals surface area contributed by atoms with Crippen LogP contribution < -0.4 is 5.73 Å². The number of amides is 1. The molecule has 0 bridgehead atoms. The van der Waals surface area contributed by atoms with Gasteiger partial charge in [-0.3, -0.25) is 9.59 Å². The highest BCUT2D eigenvalue weighted by molar-refractivity contribution is 6.02. The number of carbonyl (C=O) groups is 2. The van der Waals surface area contributed by atoms with Crippen molar-refractivity contribution in [2.75, 3.05) is 7.11 Å². The number of ether oxygens (including phenoxy) is 1. The topological polar surface area (TPSA) is 69.4 Å². The van der Waals surface area contributed by atoms with Gasteiger partial charge in [0.25, 0.3) is 0 Å². The van der Waals surface area contributed by atoms with Crippen LogP contribution in [0.5, 0.6) is 0 Å². The molecule has 14 heavy (non-hydrogen) atoms. The molecular weight excluding hydrogens is 182 g/mol. The molecule has 0 saturated carbocycles. The van der Waals surface area contributed by atoms with Gasteiger partial charge in [-0.1, -0.05) is 30.3 Å². The Morgan fingerprint density at radius 2 is 1.86 bits per heavy atom. The summed E-state index contributed by atoms with van der Waals surface area (Å²) in [6.45, 7) is 0. The van der Waals surface area contributed by atoms with Crippen LogP contribution in [0.2, 0.25) is 0 Å². The van der Waals surface area contributed by atoms with Crippen LogP contribution in [0.25, 0.3) is 0 Å². The predicted molar refractivity (Wildman–Crippen MR) is 50.4 cm³/mol. The Bertz CT molecular complexity index is 334. The normalized spacial score (nSPS) is 11.8. The van der Waals surface area contributed by atoms with Crippen molar-refractivity contribution >= 4 is 11.9 Å². The number of methoxy groups -OCH3 is 1. The van der Waals surface area contributed by atoms with Gasteiger partial charge in [-0.2, -0.15) is 0 Å². The minimum atomic E-state index is -1.01. The highest BCUT2D eigenvalue weighted by Gasteiger charge is 2.26. The Morgan fingerprint density at radius 1 is 1.29 bits per heavy atom. The quantitative estimate of drug-likeness (QED) is 0.559. The van der Waals surface area contributed by atoms with Crippen LogP contribution in [0, 0.1) is 0 Å². The molecule has 1 atom stereocenters. The monoisotopic (exact) mass is 193 g/mol. The van der Waals surface area contributed by atoms with Gasteiger partial charge in [0.2, 0.25) is 5.91 Å². The molecule has 2 N–H and O–H groups in total. The summed E-state index contributed by atoms with van der Waals surface area (Å²) < 4.78 is 4.49. The van der Waals surface area contributed by atoms with E-state index in [0.29, 0.717) is 5.56 Å². The van der Waals surface area contributed by atoms with E-state index >= 15 is 0 Å². The second-order valence-corrected chi connectivity index (χ2v) is 2.77. The van der Waals surface area contributed by atoms with Crippen LogP contribution in [0.15, 0.2) is 30.3 Å². The molecule has 0 aliphatic heterocycles. The molecule has 4 nitrogen and oxygen atoms in total. The number of benzene rings is 1. The number of carbonyl (C=O) groups excluding carboxylic acids is 2. The number of rotatable bonds is 3. The fourth-order valence-corrected chi connectivity index (χ4v) is 1.18. The molecule has 74 valence electrons.